The number of nitrogens with zero attached hydrogens (tertiary/aromatic N) is 3. The summed E-state index contributed by atoms with van der Waals surface area (Å²) in [5.41, 5.74) is 3.51. The van der Waals surface area contributed by atoms with E-state index in [-0.39, 0.29) is 6.04 Å². The second kappa shape index (κ2) is 8.54. The van der Waals surface area contributed by atoms with E-state index in [4.69, 9.17) is 11.6 Å². The van der Waals surface area contributed by atoms with Crippen LogP contribution in [0.5, 0.6) is 0 Å². The smallest absolute Gasteiger partial charge is 0.159 e. The molecule has 0 aliphatic heterocycles. The van der Waals surface area contributed by atoms with Gasteiger partial charge in [-0.2, -0.15) is 0 Å². The van der Waals surface area contributed by atoms with E-state index in [1.165, 1.54) is 0 Å². The highest BCUT2D eigenvalue weighted by Gasteiger charge is 2.19. The molecule has 2 N–H and O–H groups in total. The maximum atomic E-state index is 10.1. The summed E-state index contributed by atoms with van der Waals surface area (Å²) in [6, 6.07) is 14.2. The van der Waals surface area contributed by atoms with Crippen LogP contribution in [0.4, 0.5) is 5.69 Å². The number of halogens is 2. The lowest BCUT2D eigenvalue weighted by molar-refractivity contribution is 0.0687. The zero-order chi connectivity index (χ0) is 22.2. The molecule has 4 rings (SSSR count). The normalized spacial score (nSPS) is 12.7. The van der Waals surface area contributed by atoms with Gasteiger partial charge in [-0.1, -0.05) is 45.7 Å². The van der Waals surface area contributed by atoms with Crippen LogP contribution in [0.1, 0.15) is 38.2 Å². The van der Waals surface area contributed by atoms with Crippen molar-refractivity contribution in [1.82, 2.24) is 15.0 Å². The van der Waals surface area contributed by atoms with Crippen molar-refractivity contribution in [1.29, 1.82) is 0 Å². The van der Waals surface area contributed by atoms with Gasteiger partial charge >= 0.3 is 0 Å². The number of fused-ring (bicyclic) bond motifs is 1. The van der Waals surface area contributed by atoms with E-state index in [2.05, 4.69) is 55.3 Å². The number of benzene rings is 2. The first kappa shape index (κ1) is 21.7. The molecule has 0 amide bonds. The van der Waals surface area contributed by atoms with Gasteiger partial charge in [0.15, 0.2) is 5.82 Å². The van der Waals surface area contributed by atoms with Crippen molar-refractivity contribution >= 4 is 44.1 Å². The first-order valence-electron chi connectivity index (χ1n) is 9.88. The van der Waals surface area contributed by atoms with Gasteiger partial charge in [0.25, 0.3) is 0 Å². The SMILES string of the molecule is C[C@@H](Nc1c(Cl)cnc2ccc(-c3cnc(C(C)(C)O)nc3)cc12)c1cccc(Br)c1. The molecule has 0 bridgehead atoms. The molecule has 0 spiro atoms. The summed E-state index contributed by atoms with van der Waals surface area (Å²) in [5.74, 6) is 0.381. The second-order valence-corrected chi connectivity index (χ2v) is 9.31. The van der Waals surface area contributed by atoms with Crippen molar-refractivity contribution in [2.45, 2.75) is 32.4 Å². The minimum absolute atomic E-state index is 0.0404. The third-order valence-corrected chi connectivity index (χ3v) is 5.84. The minimum Gasteiger partial charge on any atom is -0.382 e. The standard InChI is InChI=1S/C24H22BrClN4O/c1-14(15-5-4-6-18(25)9-15)30-22-19-10-16(7-8-21(19)27-13-20(22)26)17-11-28-23(29-12-17)24(2,3)31/h4-14,31H,1-3H3,(H,27,30)/t14-/m1/s1. The Morgan fingerprint density at radius 2 is 1.74 bits per heavy atom. The molecule has 0 radical (unpaired) electrons. The third kappa shape index (κ3) is 4.71. The number of pyridine rings is 1. The van der Waals surface area contributed by atoms with Crippen LogP contribution >= 0.6 is 27.5 Å². The van der Waals surface area contributed by atoms with Crippen LogP contribution < -0.4 is 5.32 Å². The van der Waals surface area contributed by atoms with E-state index < -0.39 is 5.60 Å². The molecule has 0 unspecified atom stereocenters. The van der Waals surface area contributed by atoms with Crippen molar-refractivity contribution < 1.29 is 5.11 Å². The van der Waals surface area contributed by atoms with Crippen LogP contribution in [0.3, 0.4) is 0 Å². The van der Waals surface area contributed by atoms with Gasteiger partial charge in [-0.15, -0.1) is 0 Å². The van der Waals surface area contributed by atoms with Crippen LogP contribution in [-0.2, 0) is 5.60 Å². The van der Waals surface area contributed by atoms with Crippen LogP contribution in [0.2, 0.25) is 5.02 Å². The van der Waals surface area contributed by atoms with Gasteiger partial charge in [0.05, 0.1) is 16.2 Å². The topological polar surface area (TPSA) is 70.9 Å². The number of rotatable bonds is 5. The minimum atomic E-state index is -1.08. The highest BCUT2D eigenvalue weighted by Crippen LogP contribution is 2.35. The molecule has 4 aromatic rings. The number of hydrogen-bond donors (Lipinski definition) is 2. The van der Waals surface area contributed by atoms with E-state index >= 15 is 0 Å². The Kier molecular flexibility index (Phi) is 5.97. The van der Waals surface area contributed by atoms with Crippen LogP contribution in [0.15, 0.2) is 65.5 Å². The van der Waals surface area contributed by atoms with Crippen molar-refractivity contribution in [2.24, 2.45) is 0 Å². The third-order valence-electron chi connectivity index (χ3n) is 5.06. The van der Waals surface area contributed by atoms with Crippen molar-refractivity contribution in [2.75, 3.05) is 5.32 Å². The summed E-state index contributed by atoms with van der Waals surface area (Å²) in [6.45, 7) is 5.42. The maximum absolute atomic E-state index is 10.1. The predicted molar refractivity (Wildman–Crippen MR) is 129 cm³/mol. The molecule has 2 aromatic heterocycles. The first-order chi connectivity index (χ1) is 14.7. The predicted octanol–water partition coefficient (Wildman–Crippen LogP) is 6.51. The van der Waals surface area contributed by atoms with E-state index in [9.17, 15) is 5.11 Å². The fourth-order valence-electron chi connectivity index (χ4n) is 3.36. The summed E-state index contributed by atoms with van der Waals surface area (Å²) >= 11 is 10.1. The molecule has 158 valence electrons. The highest BCUT2D eigenvalue weighted by atomic mass is 79.9. The lowest BCUT2D eigenvalue weighted by atomic mass is 10.0. The molecule has 7 heteroatoms. The molecule has 5 nitrogen and oxygen atoms in total. The quantitative estimate of drug-likeness (QED) is 0.329. The van der Waals surface area contributed by atoms with E-state index in [1.54, 1.807) is 32.4 Å². The zero-order valence-electron chi connectivity index (χ0n) is 17.4. The molecule has 0 aliphatic rings. The van der Waals surface area contributed by atoms with Gasteiger partial charge in [0.2, 0.25) is 0 Å². The van der Waals surface area contributed by atoms with Crippen molar-refractivity contribution in [3.63, 3.8) is 0 Å². The Morgan fingerprint density at radius 1 is 1.00 bits per heavy atom. The van der Waals surface area contributed by atoms with Gasteiger partial charge < -0.3 is 10.4 Å². The Labute approximate surface area is 194 Å². The summed E-state index contributed by atoms with van der Waals surface area (Å²) in [7, 11) is 0. The monoisotopic (exact) mass is 496 g/mol. The molecule has 0 saturated heterocycles. The molecular weight excluding hydrogens is 476 g/mol. The molecule has 31 heavy (non-hydrogen) atoms. The van der Waals surface area contributed by atoms with Gasteiger partial charge in [0, 0.05) is 40.1 Å². The van der Waals surface area contributed by atoms with E-state index in [0.717, 1.165) is 37.8 Å². The molecule has 2 aromatic carbocycles. The van der Waals surface area contributed by atoms with Gasteiger partial charge in [0.1, 0.15) is 5.60 Å². The summed E-state index contributed by atoms with van der Waals surface area (Å²) < 4.78 is 1.03. The van der Waals surface area contributed by atoms with E-state index in [1.807, 2.05) is 30.3 Å². The fraction of sp³-hybridized carbons (Fsp3) is 0.208. The number of aliphatic hydroxyl groups is 1. The molecule has 1 atom stereocenters. The van der Waals surface area contributed by atoms with Crippen molar-refractivity contribution in [3.8, 4) is 11.1 Å². The summed E-state index contributed by atoms with van der Waals surface area (Å²) in [4.78, 5) is 13.1. The second-order valence-electron chi connectivity index (χ2n) is 7.99. The molecule has 0 aliphatic carbocycles. The summed E-state index contributed by atoms with van der Waals surface area (Å²) in [6.07, 6.45) is 5.11. The Bertz CT molecular complexity index is 1240. The van der Waals surface area contributed by atoms with E-state index in [0.29, 0.717) is 10.8 Å². The number of nitrogens with one attached hydrogen (secondary N) is 1. The Morgan fingerprint density at radius 3 is 2.42 bits per heavy atom. The Hall–Kier alpha value is -2.54. The number of aromatic nitrogens is 3. The van der Waals surface area contributed by atoms with Crippen LogP contribution in [0, 0.1) is 0 Å². The fourth-order valence-corrected chi connectivity index (χ4v) is 3.99. The molecule has 2 heterocycles. The average Bonchev–Trinajstić information content (AvgIpc) is 2.75. The van der Waals surface area contributed by atoms with Crippen LogP contribution in [0.25, 0.3) is 22.0 Å². The summed E-state index contributed by atoms with van der Waals surface area (Å²) in [5, 5.41) is 15.1. The molecular formula is C24H22BrClN4O. The maximum Gasteiger partial charge on any atom is 0.159 e. The lowest BCUT2D eigenvalue weighted by Gasteiger charge is -2.19. The lowest BCUT2D eigenvalue weighted by Crippen LogP contribution is -2.19. The average molecular weight is 498 g/mol. The molecule has 0 fully saturated rings. The van der Waals surface area contributed by atoms with Gasteiger partial charge in [-0.25, -0.2) is 9.97 Å². The largest absolute Gasteiger partial charge is 0.382 e. The first-order valence-corrected chi connectivity index (χ1v) is 11.0. The highest BCUT2D eigenvalue weighted by molar-refractivity contribution is 9.10. The van der Waals surface area contributed by atoms with Crippen LogP contribution in [-0.4, -0.2) is 20.1 Å². The molecule has 0 saturated carbocycles. The number of hydrogen-bond acceptors (Lipinski definition) is 5. The van der Waals surface area contributed by atoms with Crippen molar-refractivity contribution in [3.05, 3.63) is 81.9 Å². The van der Waals surface area contributed by atoms with Gasteiger partial charge in [-0.05, 0) is 56.2 Å². The number of anilines is 1. The zero-order valence-corrected chi connectivity index (χ0v) is 19.7. The Balaban J connectivity index is 1.73. The van der Waals surface area contributed by atoms with Gasteiger partial charge in [-0.3, -0.25) is 4.98 Å².